The first-order valence-electron chi connectivity index (χ1n) is 5.60. The highest BCUT2D eigenvalue weighted by Gasteiger charge is 2.18. The lowest BCUT2D eigenvalue weighted by atomic mass is 10.3. The molecule has 1 heterocycles. The van der Waals surface area contributed by atoms with Gasteiger partial charge in [-0.05, 0) is 6.42 Å². The maximum atomic E-state index is 11.8. The maximum Gasteiger partial charge on any atom is 0.323 e. The van der Waals surface area contributed by atoms with E-state index in [1.165, 1.54) is 4.90 Å². The van der Waals surface area contributed by atoms with Crippen molar-refractivity contribution in [3.8, 4) is 0 Å². The Morgan fingerprint density at radius 1 is 1.58 bits per heavy atom. The summed E-state index contributed by atoms with van der Waals surface area (Å²) < 4.78 is 1.12. The molecule has 0 aliphatic heterocycles. The van der Waals surface area contributed by atoms with E-state index in [0.717, 1.165) is 17.1 Å². The molecule has 1 aromatic rings. The number of carboxylic acid groups (broad SMARTS) is 1. The Morgan fingerprint density at radius 3 is 2.74 bits per heavy atom. The number of nitrogens with zero attached hydrogens (tertiary/aromatic N) is 4. The Morgan fingerprint density at radius 2 is 2.26 bits per heavy atom. The lowest BCUT2D eigenvalue weighted by Gasteiger charge is -2.19. The average molecular weight is 270 g/mol. The van der Waals surface area contributed by atoms with Crippen molar-refractivity contribution in [3.05, 3.63) is 22.5 Å². The van der Waals surface area contributed by atoms with Gasteiger partial charge in [0.2, 0.25) is 5.91 Å². The third kappa shape index (κ3) is 4.37. The normalized spacial score (nSPS) is 10.2. The third-order valence-corrected chi connectivity index (χ3v) is 2.30. The smallest absolute Gasteiger partial charge is 0.323 e. The molecule has 1 rings (SSSR count). The quantitative estimate of drug-likeness (QED) is 0.555. The minimum absolute atomic E-state index is 0.215. The number of hydrogen-bond acceptors (Lipinski definition) is 5. The number of aliphatic carboxylic acids is 1. The fourth-order valence-corrected chi connectivity index (χ4v) is 1.50. The van der Waals surface area contributed by atoms with Crippen LogP contribution in [-0.2, 0) is 16.1 Å². The first-order chi connectivity index (χ1) is 8.93. The topological polar surface area (TPSA) is 119 Å². The summed E-state index contributed by atoms with van der Waals surface area (Å²) in [6.45, 7) is 1.52. The molecule has 19 heavy (non-hydrogen) atoms. The first kappa shape index (κ1) is 14.6. The van der Waals surface area contributed by atoms with E-state index in [1.54, 1.807) is 0 Å². The second-order valence-corrected chi connectivity index (χ2v) is 3.86. The van der Waals surface area contributed by atoms with E-state index in [9.17, 15) is 19.7 Å². The average Bonchev–Trinajstić information content (AvgIpc) is 2.76. The van der Waals surface area contributed by atoms with Crippen molar-refractivity contribution in [1.82, 2.24) is 14.7 Å². The highest BCUT2D eigenvalue weighted by atomic mass is 16.6. The number of carbonyl (C=O) groups is 2. The van der Waals surface area contributed by atoms with Crippen LogP contribution in [0.2, 0.25) is 0 Å². The van der Waals surface area contributed by atoms with E-state index in [1.807, 2.05) is 6.92 Å². The summed E-state index contributed by atoms with van der Waals surface area (Å²) in [5.41, 5.74) is -0.215. The molecule has 0 aromatic carbocycles. The molecule has 0 aliphatic rings. The zero-order valence-electron chi connectivity index (χ0n) is 10.4. The molecule has 0 saturated heterocycles. The van der Waals surface area contributed by atoms with Gasteiger partial charge in [0.1, 0.15) is 25.5 Å². The second kappa shape index (κ2) is 6.47. The van der Waals surface area contributed by atoms with Crippen LogP contribution in [0.1, 0.15) is 13.3 Å². The van der Waals surface area contributed by atoms with Crippen LogP contribution >= 0.6 is 0 Å². The fraction of sp³-hybridized carbons (Fsp3) is 0.500. The van der Waals surface area contributed by atoms with E-state index < -0.39 is 23.3 Å². The predicted molar refractivity (Wildman–Crippen MR) is 63.4 cm³/mol. The molecular formula is C10H14N4O5. The largest absolute Gasteiger partial charge is 0.480 e. The van der Waals surface area contributed by atoms with E-state index in [2.05, 4.69) is 5.10 Å². The number of hydrogen-bond donors (Lipinski definition) is 1. The summed E-state index contributed by atoms with van der Waals surface area (Å²) in [5.74, 6) is -1.55. The van der Waals surface area contributed by atoms with Crippen molar-refractivity contribution in [2.45, 2.75) is 19.9 Å². The Labute approximate surface area is 108 Å². The Balaban J connectivity index is 2.69. The molecule has 1 N–H and O–H groups in total. The Kier molecular flexibility index (Phi) is 4.98. The number of aromatic nitrogens is 2. The van der Waals surface area contributed by atoms with Gasteiger partial charge >= 0.3 is 11.7 Å². The van der Waals surface area contributed by atoms with Gasteiger partial charge in [0, 0.05) is 6.54 Å². The van der Waals surface area contributed by atoms with Crippen LogP contribution in [0.3, 0.4) is 0 Å². The minimum Gasteiger partial charge on any atom is -0.480 e. The van der Waals surface area contributed by atoms with Crippen molar-refractivity contribution in [1.29, 1.82) is 0 Å². The van der Waals surface area contributed by atoms with Crippen LogP contribution < -0.4 is 0 Å². The number of nitro groups is 1. The number of carboxylic acids is 1. The van der Waals surface area contributed by atoms with Gasteiger partial charge < -0.3 is 10.0 Å². The molecule has 0 saturated carbocycles. The lowest BCUT2D eigenvalue weighted by Crippen LogP contribution is -2.38. The first-order valence-corrected chi connectivity index (χ1v) is 5.60. The minimum atomic E-state index is -1.10. The summed E-state index contributed by atoms with van der Waals surface area (Å²) in [6, 6.07) is 0. The molecule has 0 aliphatic carbocycles. The summed E-state index contributed by atoms with van der Waals surface area (Å²) >= 11 is 0. The summed E-state index contributed by atoms with van der Waals surface area (Å²) in [7, 11) is 0. The maximum absolute atomic E-state index is 11.8. The van der Waals surface area contributed by atoms with Crippen molar-refractivity contribution in [2.24, 2.45) is 0 Å². The summed E-state index contributed by atoms with van der Waals surface area (Å²) in [5, 5.41) is 22.8. The van der Waals surface area contributed by atoms with Gasteiger partial charge in [-0.25, -0.2) is 0 Å². The molecule has 0 radical (unpaired) electrons. The van der Waals surface area contributed by atoms with Gasteiger partial charge in [-0.15, -0.1) is 0 Å². The summed E-state index contributed by atoms with van der Waals surface area (Å²) in [6.07, 6.45) is 2.79. The number of rotatable bonds is 7. The van der Waals surface area contributed by atoms with Crippen molar-refractivity contribution in [3.63, 3.8) is 0 Å². The van der Waals surface area contributed by atoms with Crippen LogP contribution in [-0.4, -0.2) is 49.7 Å². The van der Waals surface area contributed by atoms with Crippen molar-refractivity contribution >= 4 is 17.6 Å². The molecule has 0 fully saturated rings. The van der Waals surface area contributed by atoms with Crippen LogP contribution in [0.4, 0.5) is 5.69 Å². The second-order valence-electron chi connectivity index (χ2n) is 3.86. The van der Waals surface area contributed by atoms with Crippen LogP contribution in [0.25, 0.3) is 0 Å². The van der Waals surface area contributed by atoms with Gasteiger partial charge in [-0.1, -0.05) is 6.92 Å². The van der Waals surface area contributed by atoms with Crippen molar-refractivity contribution in [2.75, 3.05) is 13.1 Å². The highest BCUT2D eigenvalue weighted by Crippen LogP contribution is 2.08. The van der Waals surface area contributed by atoms with Gasteiger partial charge in [-0.3, -0.25) is 24.4 Å². The monoisotopic (exact) mass is 270 g/mol. The fourth-order valence-electron chi connectivity index (χ4n) is 1.50. The standard InChI is InChI=1S/C10H14N4O5/c1-2-3-12(7-10(16)17)9(15)6-13-5-8(4-11-13)14(18)19/h4-5H,2-3,6-7H2,1H3,(H,16,17). The van der Waals surface area contributed by atoms with E-state index >= 15 is 0 Å². The number of amides is 1. The summed E-state index contributed by atoms with van der Waals surface area (Å²) in [4.78, 5) is 33.5. The van der Waals surface area contributed by atoms with E-state index in [4.69, 9.17) is 5.11 Å². The predicted octanol–water partition coefficient (Wildman–Crippen LogP) is 0.114. The Hall–Kier alpha value is -2.45. The van der Waals surface area contributed by atoms with E-state index in [0.29, 0.717) is 13.0 Å². The highest BCUT2D eigenvalue weighted by molar-refractivity contribution is 5.81. The molecule has 1 aromatic heterocycles. The zero-order chi connectivity index (χ0) is 14.4. The molecular weight excluding hydrogens is 256 g/mol. The van der Waals surface area contributed by atoms with Gasteiger partial charge in [0.25, 0.3) is 0 Å². The van der Waals surface area contributed by atoms with Crippen LogP contribution in [0, 0.1) is 10.1 Å². The molecule has 0 spiro atoms. The molecule has 0 bridgehead atoms. The third-order valence-electron chi connectivity index (χ3n) is 2.30. The molecule has 104 valence electrons. The molecule has 9 nitrogen and oxygen atoms in total. The van der Waals surface area contributed by atoms with Gasteiger partial charge in [0.15, 0.2) is 0 Å². The molecule has 0 atom stereocenters. The zero-order valence-corrected chi connectivity index (χ0v) is 10.4. The van der Waals surface area contributed by atoms with Crippen LogP contribution in [0.5, 0.6) is 0 Å². The molecule has 0 unspecified atom stereocenters. The van der Waals surface area contributed by atoms with E-state index in [-0.39, 0.29) is 12.2 Å². The molecule has 1 amide bonds. The van der Waals surface area contributed by atoms with Crippen molar-refractivity contribution < 1.29 is 19.6 Å². The SMILES string of the molecule is CCCN(CC(=O)O)C(=O)Cn1cc([N+](=O)[O-])cn1. The molecule has 9 heteroatoms. The Bertz CT molecular complexity index is 484. The number of carbonyl (C=O) groups excluding carboxylic acids is 1. The lowest BCUT2D eigenvalue weighted by molar-refractivity contribution is -0.385. The van der Waals surface area contributed by atoms with Gasteiger partial charge in [-0.2, -0.15) is 5.10 Å². The van der Waals surface area contributed by atoms with Gasteiger partial charge in [0.05, 0.1) is 4.92 Å². The van der Waals surface area contributed by atoms with Crippen LogP contribution in [0.15, 0.2) is 12.4 Å².